The minimum atomic E-state index is -0.957. The van der Waals surface area contributed by atoms with Crippen LogP contribution >= 0.6 is 23.2 Å². The van der Waals surface area contributed by atoms with Crippen molar-refractivity contribution in [1.82, 2.24) is 36.1 Å². The van der Waals surface area contributed by atoms with Gasteiger partial charge in [-0.15, -0.1) is 0 Å². The van der Waals surface area contributed by atoms with E-state index >= 15 is 0 Å². The number of hydrogen-bond acceptors (Lipinski definition) is 16. The molecule has 2 aliphatic rings. The zero-order valence-electron chi connectivity index (χ0n) is 43.2. The average Bonchev–Trinajstić information content (AvgIpc) is 3.72. The summed E-state index contributed by atoms with van der Waals surface area (Å²) in [5, 5.41) is 12.5. The van der Waals surface area contributed by atoms with Crippen molar-refractivity contribution in [2.45, 2.75) is 44.7 Å². The Morgan fingerprint density at radius 2 is 1.29 bits per heavy atom. The van der Waals surface area contributed by atoms with E-state index < -0.39 is 29.9 Å². The average molecular weight is 1090 g/mol. The number of halogens is 2. The number of aromatic nitrogens is 1. The quantitative estimate of drug-likeness (QED) is 0.0475. The maximum atomic E-state index is 13.9. The summed E-state index contributed by atoms with van der Waals surface area (Å²) in [6.45, 7) is 12.5. The van der Waals surface area contributed by atoms with Crippen molar-refractivity contribution in [3.05, 3.63) is 99.3 Å². The second-order valence-electron chi connectivity index (χ2n) is 17.4. The Morgan fingerprint density at radius 1 is 0.720 bits per heavy atom. The molecule has 23 heteroatoms. The molecule has 0 aliphatic carbocycles. The molecule has 0 radical (unpaired) electrons. The van der Waals surface area contributed by atoms with Gasteiger partial charge in [0.15, 0.2) is 0 Å². The molecule has 2 fully saturated rings. The Labute approximate surface area is 450 Å². The smallest absolute Gasteiger partial charge is 0.315 e. The lowest BCUT2D eigenvalue weighted by atomic mass is 9.94. The van der Waals surface area contributed by atoms with Crippen LogP contribution in [0.3, 0.4) is 0 Å². The Bertz CT molecular complexity index is 2100. The van der Waals surface area contributed by atoms with Crippen LogP contribution in [0.25, 0.3) is 0 Å². The second-order valence-corrected chi connectivity index (χ2v) is 18.2. The molecule has 4 atom stereocenters. The fourth-order valence-electron chi connectivity index (χ4n) is 7.92. The second kappa shape index (κ2) is 36.4. The zero-order valence-corrected chi connectivity index (χ0v) is 44.7. The van der Waals surface area contributed by atoms with E-state index in [4.69, 9.17) is 70.6 Å². The molecule has 21 nitrogen and oxygen atoms in total. The number of rotatable bonds is 38. The van der Waals surface area contributed by atoms with E-state index in [2.05, 4.69) is 31.2 Å². The first-order valence-electron chi connectivity index (χ1n) is 25.5. The van der Waals surface area contributed by atoms with E-state index in [1.807, 2.05) is 25.1 Å². The van der Waals surface area contributed by atoms with Crippen molar-refractivity contribution < 1.29 is 66.5 Å². The van der Waals surface area contributed by atoms with Crippen LogP contribution in [-0.2, 0) is 70.0 Å². The van der Waals surface area contributed by atoms with Crippen LogP contribution in [0, 0.1) is 5.92 Å². The highest BCUT2D eigenvalue weighted by atomic mass is 35.5. The molecule has 3 aromatic rings. The summed E-state index contributed by atoms with van der Waals surface area (Å²) in [5.74, 6) is -1.82. The van der Waals surface area contributed by atoms with Gasteiger partial charge in [-0.05, 0) is 53.9 Å². The third-order valence-corrected chi connectivity index (χ3v) is 12.5. The lowest BCUT2D eigenvalue weighted by Gasteiger charge is -2.33. The number of benzene rings is 2. The number of likely N-dealkylation sites (tertiary alicyclic amines) is 1. The van der Waals surface area contributed by atoms with Crippen molar-refractivity contribution in [3.8, 4) is 0 Å². The van der Waals surface area contributed by atoms with Gasteiger partial charge in [0.25, 0.3) is 5.91 Å². The third-order valence-electron chi connectivity index (χ3n) is 11.8. The third kappa shape index (κ3) is 24.1. The summed E-state index contributed by atoms with van der Waals surface area (Å²) in [6, 6.07) is 15.0. The lowest BCUT2D eigenvalue weighted by Crippen LogP contribution is -2.52. The molecule has 2 aliphatic heterocycles. The fourth-order valence-corrected chi connectivity index (χ4v) is 8.24. The fraction of sp³-hybridized carbons (Fsp3) is 0.596. The van der Waals surface area contributed by atoms with Crippen molar-refractivity contribution in [2.24, 2.45) is 5.92 Å². The summed E-state index contributed by atoms with van der Waals surface area (Å²) in [6.07, 6.45) is 2.10. The van der Waals surface area contributed by atoms with Gasteiger partial charge in [0.1, 0.15) is 6.17 Å². The molecule has 75 heavy (non-hydrogen) atoms. The number of pyridine rings is 1. The highest BCUT2D eigenvalue weighted by Gasteiger charge is 2.43. The molecular weight excluding hydrogens is 1020 g/mol. The predicted molar refractivity (Wildman–Crippen MR) is 278 cm³/mol. The number of morpholine rings is 1. The molecule has 0 bridgehead atoms. The molecule has 4 N–H and O–H groups in total. The van der Waals surface area contributed by atoms with E-state index in [0.717, 1.165) is 23.2 Å². The number of urea groups is 1. The minimum absolute atomic E-state index is 0.0109. The van der Waals surface area contributed by atoms with Crippen molar-refractivity contribution >= 4 is 47.0 Å². The number of carbonyl (C=O) groups excluding carboxylic acids is 4. The van der Waals surface area contributed by atoms with Crippen LogP contribution in [0.4, 0.5) is 4.79 Å². The van der Waals surface area contributed by atoms with Crippen LogP contribution in [0.5, 0.6) is 0 Å². The molecule has 2 aromatic carbocycles. The molecule has 2 saturated heterocycles. The molecular formula is C52H75Cl2N7O14. The number of amides is 5. The van der Waals surface area contributed by atoms with Gasteiger partial charge in [-0.3, -0.25) is 24.3 Å². The summed E-state index contributed by atoms with van der Waals surface area (Å²) in [7, 11) is 1.66. The van der Waals surface area contributed by atoms with Crippen LogP contribution in [0.2, 0.25) is 10.0 Å². The van der Waals surface area contributed by atoms with Gasteiger partial charge in [-0.1, -0.05) is 47.5 Å². The molecule has 3 heterocycles. The molecule has 5 amide bonds. The first-order valence-corrected chi connectivity index (χ1v) is 26.2. The predicted octanol–water partition coefficient (Wildman–Crippen LogP) is 3.65. The van der Waals surface area contributed by atoms with Gasteiger partial charge < -0.3 is 73.5 Å². The number of nitrogens with zero attached hydrogens (tertiary/aromatic N) is 3. The first-order chi connectivity index (χ1) is 36.6. The Balaban J connectivity index is 0.959. The topological polar surface area (TPSA) is 228 Å². The normalized spacial score (nSPS) is 17.3. The Morgan fingerprint density at radius 3 is 1.85 bits per heavy atom. The van der Waals surface area contributed by atoms with Crippen molar-refractivity contribution in [2.75, 3.05) is 152 Å². The van der Waals surface area contributed by atoms with Crippen LogP contribution < -0.4 is 21.3 Å². The minimum Gasteiger partial charge on any atom is -0.379 e. The van der Waals surface area contributed by atoms with E-state index in [-0.39, 0.29) is 50.8 Å². The maximum Gasteiger partial charge on any atom is 0.315 e. The monoisotopic (exact) mass is 1090 g/mol. The van der Waals surface area contributed by atoms with E-state index in [0.29, 0.717) is 141 Å². The summed E-state index contributed by atoms with van der Waals surface area (Å²) in [4.78, 5) is 61.0. The van der Waals surface area contributed by atoms with E-state index in [1.54, 1.807) is 60.7 Å². The molecule has 416 valence electrons. The van der Waals surface area contributed by atoms with Crippen LogP contribution in [0.1, 0.15) is 46.4 Å². The Hall–Kier alpha value is -4.59. The standard InChI is InChI=1S/C52H75Cl2N7O14/c1-3-66-15-16-67-17-18-68-19-20-69-21-22-70-23-24-71-25-26-72-27-28-73-29-30-74-38-47(59-51(64)44-32-48(62)60(2)49(44)42-5-4-12-55-34-42)58-50(63)41-9-6-39(7-10-41)33-56-52(65)57-35-43-37-61(13-14-75-43)36-40-8-11-45(53)46(54)31-40/h4-12,31,34,43-44,47,49H,3,13-30,32-33,35-38H2,1-2H3,(H,58,63)(H,59,64)(H2,56,57,65)/t43-,44-,47?,49+/m0/s1. The first kappa shape index (κ1) is 61.3. The molecule has 1 unspecified atom stereocenters. The van der Waals surface area contributed by atoms with Crippen molar-refractivity contribution in [3.63, 3.8) is 0 Å². The number of hydrogen-bond donors (Lipinski definition) is 4. The van der Waals surface area contributed by atoms with Crippen molar-refractivity contribution in [1.29, 1.82) is 0 Å². The zero-order chi connectivity index (χ0) is 53.3. The largest absolute Gasteiger partial charge is 0.379 e. The highest BCUT2D eigenvalue weighted by molar-refractivity contribution is 6.42. The Kier molecular flexibility index (Phi) is 29.8. The molecule has 0 spiro atoms. The van der Waals surface area contributed by atoms with Gasteiger partial charge in [-0.25, -0.2) is 4.79 Å². The molecule has 0 saturated carbocycles. The SMILES string of the molecule is CCOCCOCCOCCOCCOCCOCCOCCOCCOCC(NC(=O)c1ccc(CNC(=O)NC[C@H]2CN(Cc3ccc(Cl)c(Cl)c3)CCO2)cc1)NC(=O)[C@H]1CC(=O)N(C)[C@@H]1c1cccnc1. The summed E-state index contributed by atoms with van der Waals surface area (Å²) >= 11 is 12.3. The van der Waals surface area contributed by atoms with E-state index in [9.17, 15) is 19.2 Å². The summed E-state index contributed by atoms with van der Waals surface area (Å²) in [5.41, 5.74) is 2.84. The maximum absolute atomic E-state index is 13.9. The number of carbonyl (C=O) groups is 4. The van der Waals surface area contributed by atoms with E-state index in [1.165, 1.54) is 0 Å². The highest BCUT2D eigenvalue weighted by Crippen LogP contribution is 2.36. The van der Waals surface area contributed by atoms with Gasteiger partial charge in [0.2, 0.25) is 11.8 Å². The number of ether oxygens (including phenoxy) is 10. The van der Waals surface area contributed by atoms with Gasteiger partial charge in [0, 0.05) is 70.8 Å². The molecule has 1 aromatic heterocycles. The molecule has 5 rings (SSSR count). The van der Waals surface area contributed by atoms with Gasteiger partial charge in [-0.2, -0.15) is 0 Å². The van der Waals surface area contributed by atoms with Gasteiger partial charge in [0.05, 0.1) is 147 Å². The lowest BCUT2D eigenvalue weighted by molar-refractivity contribution is -0.128. The van der Waals surface area contributed by atoms with Crippen LogP contribution in [-0.4, -0.2) is 203 Å². The number of nitrogens with one attached hydrogen (secondary N) is 4. The summed E-state index contributed by atoms with van der Waals surface area (Å²) < 4.78 is 55.6. The van der Waals surface area contributed by atoms with Gasteiger partial charge >= 0.3 is 6.03 Å². The van der Waals surface area contributed by atoms with Crippen LogP contribution in [0.15, 0.2) is 67.0 Å².